The van der Waals surface area contributed by atoms with Gasteiger partial charge in [-0.05, 0) is 49.4 Å². The van der Waals surface area contributed by atoms with Crippen LogP contribution >= 0.6 is 38.9 Å². The number of fused-ring (bicyclic) bond motifs is 1. The standard InChI is InChI=1S/C19H13BrClN3OS/c1-11-14-10-17(18(25)22-16-5-3-2-4-15(16)21)26-19(14)24(23-11)13-8-6-12(20)7-9-13/h2-10H,1H3,(H,22,25). The van der Waals surface area contributed by atoms with Gasteiger partial charge in [-0.3, -0.25) is 4.79 Å². The molecule has 0 bridgehead atoms. The molecule has 7 heteroatoms. The Balaban J connectivity index is 1.72. The van der Waals surface area contributed by atoms with Crippen LogP contribution in [0.25, 0.3) is 15.9 Å². The zero-order valence-electron chi connectivity index (χ0n) is 13.7. The highest BCUT2D eigenvalue weighted by atomic mass is 79.9. The van der Waals surface area contributed by atoms with Crippen LogP contribution in [-0.4, -0.2) is 15.7 Å². The van der Waals surface area contributed by atoms with Gasteiger partial charge in [-0.25, -0.2) is 4.68 Å². The molecule has 4 nitrogen and oxygen atoms in total. The van der Waals surface area contributed by atoms with E-state index in [9.17, 15) is 4.79 Å². The second-order valence-electron chi connectivity index (χ2n) is 5.74. The summed E-state index contributed by atoms with van der Waals surface area (Å²) >= 11 is 11.0. The fourth-order valence-corrected chi connectivity index (χ4v) is 4.19. The van der Waals surface area contributed by atoms with E-state index in [2.05, 4.69) is 26.3 Å². The SMILES string of the molecule is Cc1nn(-c2ccc(Br)cc2)c2sc(C(=O)Nc3ccccc3Cl)cc12. The number of anilines is 1. The van der Waals surface area contributed by atoms with Crippen molar-refractivity contribution >= 4 is 60.7 Å². The molecule has 0 aliphatic rings. The van der Waals surface area contributed by atoms with Crippen molar-refractivity contribution in [1.29, 1.82) is 0 Å². The third kappa shape index (κ3) is 3.16. The Morgan fingerprint density at radius 1 is 1.19 bits per heavy atom. The molecule has 0 aliphatic heterocycles. The molecule has 2 aromatic heterocycles. The Labute approximate surface area is 167 Å². The highest BCUT2D eigenvalue weighted by Gasteiger charge is 2.17. The second kappa shape index (κ2) is 6.87. The summed E-state index contributed by atoms with van der Waals surface area (Å²) in [6, 6.07) is 17.0. The van der Waals surface area contributed by atoms with E-state index in [0.717, 1.165) is 26.1 Å². The van der Waals surface area contributed by atoms with Crippen LogP contribution in [0.15, 0.2) is 59.1 Å². The summed E-state index contributed by atoms with van der Waals surface area (Å²) < 4.78 is 2.88. The molecule has 2 aromatic carbocycles. The average molecular weight is 447 g/mol. The molecule has 130 valence electrons. The maximum absolute atomic E-state index is 12.6. The minimum atomic E-state index is -0.180. The van der Waals surface area contributed by atoms with Gasteiger partial charge in [-0.15, -0.1) is 11.3 Å². The van der Waals surface area contributed by atoms with Crippen LogP contribution in [0.5, 0.6) is 0 Å². The van der Waals surface area contributed by atoms with Gasteiger partial charge in [0.05, 0.1) is 27.0 Å². The lowest BCUT2D eigenvalue weighted by molar-refractivity contribution is 0.103. The molecule has 0 fully saturated rings. The predicted molar refractivity (Wildman–Crippen MR) is 111 cm³/mol. The third-order valence-electron chi connectivity index (χ3n) is 3.96. The summed E-state index contributed by atoms with van der Waals surface area (Å²) in [4.78, 5) is 14.2. The number of benzene rings is 2. The smallest absolute Gasteiger partial charge is 0.265 e. The first kappa shape index (κ1) is 17.3. The van der Waals surface area contributed by atoms with Crippen molar-refractivity contribution < 1.29 is 4.79 Å². The minimum absolute atomic E-state index is 0.180. The number of hydrogen-bond donors (Lipinski definition) is 1. The Morgan fingerprint density at radius 3 is 2.65 bits per heavy atom. The molecule has 0 saturated heterocycles. The van der Waals surface area contributed by atoms with Crippen LogP contribution in [-0.2, 0) is 0 Å². The molecule has 4 aromatic rings. The maximum atomic E-state index is 12.6. The van der Waals surface area contributed by atoms with E-state index in [1.807, 2.05) is 54.1 Å². The second-order valence-corrected chi connectivity index (χ2v) is 8.09. The highest BCUT2D eigenvalue weighted by molar-refractivity contribution is 9.10. The van der Waals surface area contributed by atoms with E-state index in [-0.39, 0.29) is 5.91 Å². The average Bonchev–Trinajstić information content (AvgIpc) is 3.19. The van der Waals surface area contributed by atoms with Crippen LogP contribution in [0, 0.1) is 6.92 Å². The number of halogens is 2. The topological polar surface area (TPSA) is 46.9 Å². The summed E-state index contributed by atoms with van der Waals surface area (Å²) in [5.74, 6) is -0.180. The number of thiophene rings is 1. The van der Waals surface area contributed by atoms with Gasteiger partial charge in [0.1, 0.15) is 4.83 Å². The van der Waals surface area contributed by atoms with Crippen LogP contribution in [0.3, 0.4) is 0 Å². The van der Waals surface area contributed by atoms with E-state index in [1.165, 1.54) is 11.3 Å². The van der Waals surface area contributed by atoms with Gasteiger partial charge in [0.15, 0.2) is 0 Å². The zero-order chi connectivity index (χ0) is 18.3. The van der Waals surface area contributed by atoms with Gasteiger partial charge < -0.3 is 5.32 Å². The van der Waals surface area contributed by atoms with Crippen molar-refractivity contribution in [1.82, 2.24) is 9.78 Å². The van der Waals surface area contributed by atoms with Crippen molar-refractivity contribution in [3.8, 4) is 5.69 Å². The first-order valence-corrected chi connectivity index (χ1v) is 9.82. The monoisotopic (exact) mass is 445 g/mol. The number of aryl methyl sites for hydroxylation is 1. The number of rotatable bonds is 3. The Hall–Kier alpha value is -2.15. The molecule has 0 spiro atoms. The zero-order valence-corrected chi connectivity index (χ0v) is 16.8. The number of nitrogens with zero attached hydrogens (tertiary/aromatic N) is 2. The van der Waals surface area contributed by atoms with Crippen molar-refractivity contribution in [3.05, 3.63) is 74.7 Å². The molecule has 4 rings (SSSR count). The highest BCUT2D eigenvalue weighted by Crippen LogP contribution is 2.31. The lowest BCUT2D eigenvalue weighted by Crippen LogP contribution is -2.10. The Kier molecular flexibility index (Phi) is 4.56. The molecule has 26 heavy (non-hydrogen) atoms. The molecular formula is C19H13BrClN3OS. The number of amides is 1. The maximum Gasteiger partial charge on any atom is 0.265 e. The van der Waals surface area contributed by atoms with Crippen molar-refractivity contribution in [3.63, 3.8) is 0 Å². The fourth-order valence-electron chi connectivity index (χ4n) is 2.66. The van der Waals surface area contributed by atoms with E-state index in [0.29, 0.717) is 15.6 Å². The molecule has 1 amide bonds. The summed E-state index contributed by atoms with van der Waals surface area (Å²) in [7, 11) is 0. The van der Waals surface area contributed by atoms with Crippen LogP contribution < -0.4 is 5.32 Å². The first-order valence-electron chi connectivity index (χ1n) is 7.84. The number of para-hydroxylation sites is 1. The molecule has 0 saturated carbocycles. The van der Waals surface area contributed by atoms with Gasteiger partial charge in [0.2, 0.25) is 0 Å². The van der Waals surface area contributed by atoms with Crippen LogP contribution in [0.1, 0.15) is 15.4 Å². The Morgan fingerprint density at radius 2 is 1.92 bits per heavy atom. The first-order chi connectivity index (χ1) is 12.5. The number of nitrogens with one attached hydrogen (secondary N) is 1. The van der Waals surface area contributed by atoms with Crippen LogP contribution in [0.4, 0.5) is 5.69 Å². The Bertz CT molecular complexity index is 1120. The normalized spacial score (nSPS) is 11.0. The number of carbonyl (C=O) groups is 1. The molecule has 2 heterocycles. The molecule has 0 unspecified atom stereocenters. The minimum Gasteiger partial charge on any atom is -0.320 e. The van der Waals surface area contributed by atoms with Crippen molar-refractivity contribution in [2.45, 2.75) is 6.92 Å². The van der Waals surface area contributed by atoms with Crippen LogP contribution in [0.2, 0.25) is 5.02 Å². The summed E-state index contributed by atoms with van der Waals surface area (Å²) in [5, 5.41) is 8.96. The summed E-state index contributed by atoms with van der Waals surface area (Å²) in [6.07, 6.45) is 0. The molecule has 0 radical (unpaired) electrons. The van der Waals surface area contributed by atoms with E-state index >= 15 is 0 Å². The van der Waals surface area contributed by atoms with Crippen molar-refractivity contribution in [2.75, 3.05) is 5.32 Å². The van der Waals surface area contributed by atoms with Crippen molar-refractivity contribution in [2.24, 2.45) is 0 Å². The summed E-state index contributed by atoms with van der Waals surface area (Å²) in [5.41, 5.74) is 2.44. The van der Waals surface area contributed by atoms with Gasteiger partial charge in [0.25, 0.3) is 5.91 Å². The number of hydrogen-bond acceptors (Lipinski definition) is 3. The summed E-state index contributed by atoms with van der Waals surface area (Å²) in [6.45, 7) is 1.94. The number of aromatic nitrogens is 2. The third-order valence-corrected chi connectivity index (χ3v) is 5.93. The van der Waals surface area contributed by atoms with Gasteiger partial charge in [-0.2, -0.15) is 5.10 Å². The fraction of sp³-hybridized carbons (Fsp3) is 0.0526. The van der Waals surface area contributed by atoms with E-state index in [1.54, 1.807) is 12.1 Å². The molecular weight excluding hydrogens is 434 g/mol. The van der Waals surface area contributed by atoms with Gasteiger partial charge in [-0.1, -0.05) is 39.7 Å². The molecule has 0 atom stereocenters. The van der Waals surface area contributed by atoms with E-state index < -0.39 is 0 Å². The molecule has 0 aliphatic carbocycles. The van der Waals surface area contributed by atoms with Gasteiger partial charge >= 0.3 is 0 Å². The molecule has 1 N–H and O–H groups in total. The lowest BCUT2D eigenvalue weighted by atomic mass is 10.3. The quantitative estimate of drug-likeness (QED) is 0.415. The lowest BCUT2D eigenvalue weighted by Gasteiger charge is -2.05. The number of carbonyl (C=O) groups excluding carboxylic acids is 1. The largest absolute Gasteiger partial charge is 0.320 e. The van der Waals surface area contributed by atoms with Gasteiger partial charge in [0, 0.05) is 9.86 Å². The van der Waals surface area contributed by atoms with E-state index in [4.69, 9.17) is 11.6 Å². The predicted octanol–water partition coefficient (Wildman–Crippen LogP) is 6.06.